The van der Waals surface area contributed by atoms with Gasteiger partial charge in [0.05, 0.1) is 11.1 Å². The molecule has 2 aromatic rings. The molecule has 1 aliphatic heterocycles. The van der Waals surface area contributed by atoms with Crippen molar-refractivity contribution in [2.45, 2.75) is 19.3 Å². The Morgan fingerprint density at radius 1 is 1.05 bits per heavy atom. The molecule has 0 amide bonds. The maximum Gasteiger partial charge on any atom is 0.416 e. The van der Waals surface area contributed by atoms with Crippen molar-refractivity contribution in [2.24, 2.45) is 0 Å². The Morgan fingerprint density at radius 3 is 2.32 bits per heavy atom. The van der Waals surface area contributed by atoms with Crippen molar-refractivity contribution in [3.63, 3.8) is 0 Å². The molecule has 0 fully saturated rings. The van der Waals surface area contributed by atoms with Crippen molar-refractivity contribution in [1.29, 1.82) is 0 Å². The van der Waals surface area contributed by atoms with Crippen molar-refractivity contribution in [1.82, 2.24) is 0 Å². The molecule has 0 radical (unpaired) electrons. The molecule has 0 aromatic heterocycles. The fourth-order valence-corrected chi connectivity index (χ4v) is 2.67. The second-order valence-corrected chi connectivity index (χ2v) is 5.15. The standard InChI is InChI=1S/C16H12F3NO2/c17-16(18,19)11-4-6-12(7-5-11)20-8-10-2-1-3-13(15(21)22)14(10)9-20/h1-7H,8-9H2,(H,21,22). The van der Waals surface area contributed by atoms with E-state index in [1.54, 1.807) is 6.07 Å². The van der Waals surface area contributed by atoms with Gasteiger partial charge in [0.15, 0.2) is 0 Å². The predicted octanol–water partition coefficient (Wildman–Crippen LogP) is 3.92. The van der Waals surface area contributed by atoms with Gasteiger partial charge in [-0.05, 0) is 41.5 Å². The van der Waals surface area contributed by atoms with Crippen molar-refractivity contribution < 1.29 is 23.1 Å². The third-order valence-electron chi connectivity index (χ3n) is 3.77. The molecule has 0 unspecified atom stereocenters. The first-order valence-corrected chi connectivity index (χ1v) is 6.62. The minimum absolute atomic E-state index is 0.243. The summed E-state index contributed by atoms with van der Waals surface area (Å²) in [7, 11) is 0. The lowest BCUT2D eigenvalue weighted by Crippen LogP contribution is -2.15. The molecule has 0 spiro atoms. The van der Waals surface area contributed by atoms with Crippen LogP contribution in [-0.2, 0) is 19.3 Å². The van der Waals surface area contributed by atoms with E-state index >= 15 is 0 Å². The largest absolute Gasteiger partial charge is 0.478 e. The first-order chi connectivity index (χ1) is 10.4. The number of carbonyl (C=O) groups is 1. The second kappa shape index (κ2) is 5.05. The highest BCUT2D eigenvalue weighted by Gasteiger charge is 2.30. The number of hydrogen-bond donors (Lipinski definition) is 1. The van der Waals surface area contributed by atoms with Crippen LogP contribution < -0.4 is 4.90 Å². The summed E-state index contributed by atoms with van der Waals surface area (Å²) < 4.78 is 37.7. The van der Waals surface area contributed by atoms with Crippen molar-refractivity contribution in [2.75, 3.05) is 4.90 Å². The maximum absolute atomic E-state index is 12.6. The van der Waals surface area contributed by atoms with E-state index < -0.39 is 17.7 Å². The van der Waals surface area contributed by atoms with Crippen LogP contribution in [-0.4, -0.2) is 11.1 Å². The molecule has 3 nitrogen and oxygen atoms in total. The Labute approximate surface area is 124 Å². The van der Waals surface area contributed by atoms with Crippen molar-refractivity contribution in [3.05, 3.63) is 64.7 Å². The van der Waals surface area contributed by atoms with E-state index in [1.807, 2.05) is 11.0 Å². The number of rotatable bonds is 2. The van der Waals surface area contributed by atoms with Crippen LogP contribution in [0.5, 0.6) is 0 Å². The average molecular weight is 307 g/mol. The molecule has 1 N–H and O–H groups in total. The summed E-state index contributed by atoms with van der Waals surface area (Å²) in [6, 6.07) is 9.96. The summed E-state index contributed by atoms with van der Waals surface area (Å²) in [5.41, 5.74) is 1.79. The smallest absolute Gasteiger partial charge is 0.416 e. The van der Waals surface area contributed by atoms with E-state index in [0.29, 0.717) is 18.8 Å². The van der Waals surface area contributed by atoms with Gasteiger partial charge < -0.3 is 10.0 Å². The highest BCUT2D eigenvalue weighted by Crippen LogP contribution is 2.33. The minimum Gasteiger partial charge on any atom is -0.478 e. The Kier molecular flexibility index (Phi) is 3.31. The fraction of sp³-hybridized carbons (Fsp3) is 0.188. The van der Waals surface area contributed by atoms with Gasteiger partial charge in [-0.3, -0.25) is 0 Å². The normalized spacial score (nSPS) is 14.0. The highest BCUT2D eigenvalue weighted by atomic mass is 19.4. The number of benzene rings is 2. The first-order valence-electron chi connectivity index (χ1n) is 6.62. The molecule has 2 aromatic carbocycles. The van der Waals surface area contributed by atoms with E-state index in [2.05, 4.69) is 0 Å². The summed E-state index contributed by atoms with van der Waals surface area (Å²) in [5, 5.41) is 9.19. The van der Waals surface area contributed by atoms with Crippen LogP contribution in [0, 0.1) is 0 Å². The number of aromatic carboxylic acids is 1. The summed E-state index contributed by atoms with van der Waals surface area (Å²) in [4.78, 5) is 13.1. The molecule has 0 saturated carbocycles. The topological polar surface area (TPSA) is 40.5 Å². The quantitative estimate of drug-likeness (QED) is 0.914. The number of hydrogen-bond acceptors (Lipinski definition) is 2. The Bertz CT molecular complexity index is 723. The van der Waals surface area contributed by atoms with Crippen molar-refractivity contribution >= 4 is 11.7 Å². The van der Waals surface area contributed by atoms with Crippen LogP contribution in [0.4, 0.5) is 18.9 Å². The molecule has 1 aliphatic rings. The predicted molar refractivity (Wildman–Crippen MR) is 74.7 cm³/mol. The zero-order valence-corrected chi connectivity index (χ0v) is 11.4. The molecule has 114 valence electrons. The number of carboxylic acids is 1. The molecule has 0 atom stereocenters. The van der Waals surface area contributed by atoms with E-state index in [0.717, 1.165) is 23.3 Å². The third-order valence-corrected chi connectivity index (χ3v) is 3.77. The van der Waals surface area contributed by atoms with Gasteiger partial charge >= 0.3 is 12.1 Å². The Balaban J connectivity index is 1.87. The molecule has 6 heteroatoms. The number of fused-ring (bicyclic) bond motifs is 1. The number of carboxylic acid groups (broad SMARTS) is 1. The lowest BCUT2D eigenvalue weighted by Gasteiger charge is -2.18. The van der Waals surface area contributed by atoms with Gasteiger partial charge in [-0.25, -0.2) is 4.79 Å². The summed E-state index contributed by atoms with van der Waals surface area (Å²) >= 11 is 0. The summed E-state index contributed by atoms with van der Waals surface area (Å²) in [6.45, 7) is 0.866. The number of anilines is 1. The SMILES string of the molecule is O=C(O)c1cccc2c1CN(c1ccc(C(F)(F)F)cc1)C2. The van der Waals surface area contributed by atoms with Crippen LogP contribution in [0.3, 0.4) is 0 Å². The van der Waals surface area contributed by atoms with Gasteiger partial charge in [0.25, 0.3) is 0 Å². The monoisotopic (exact) mass is 307 g/mol. The van der Waals surface area contributed by atoms with Crippen LogP contribution in [0.15, 0.2) is 42.5 Å². The van der Waals surface area contributed by atoms with Gasteiger partial charge in [0, 0.05) is 18.8 Å². The summed E-state index contributed by atoms with van der Waals surface area (Å²) in [6.07, 6.45) is -4.36. The number of alkyl halides is 3. The summed E-state index contributed by atoms with van der Waals surface area (Å²) in [5.74, 6) is -0.994. The lowest BCUT2D eigenvalue weighted by atomic mass is 10.0. The van der Waals surface area contributed by atoms with Gasteiger partial charge in [-0.2, -0.15) is 13.2 Å². The number of nitrogens with zero attached hydrogens (tertiary/aromatic N) is 1. The third kappa shape index (κ3) is 2.52. The van der Waals surface area contributed by atoms with E-state index in [4.69, 9.17) is 0 Å². The first kappa shape index (κ1) is 14.4. The molecular weight excluding hydrogens is 295 g/mol. The molecule has 0 aliphatic carbocycles. The Morgan fingerprint density at radius 2 is 1.73 bits per heavy atom. The lowest BCUT2D eigenvalue weighted by molar-refractivity contribution is -0.137. The second-order valence-electron chi connectivity index (χ2n) is 5.15. The molecule has 0 saturated heterocycles. The van der Waals surface area contributed by atoms with Crippen LogP contribution >= 0.6 is 0 Å². The van der Waals surface area contributed by atoms with Crippen LogP contribution in [0.2, 0.25) is 0 Å². The zero-order valence-electron chi connectivity index (χ0n) is 11.4. The fourth-order valence-electron chi connectivity index (χ4n) is 2.67. The van der Waals surface area contributed by atoms with Crippen molar-refractivity contribution in [3.8, 4) is 0 Å². The average Bonchev–Trinajstić information content (AvgIpc) is 2.90. The maximum atomic E-state index is 12.6. The molecule has 0 bridgehead atoms. The Hall–Kier alpha value is -2.50. The molecule has 1 heterocycles. The van der Waals surface area contributed by atoms with E-state index in [-0.39, 0.29) is 5.56 Å². The van der Waals surface area contributed by atoms with E-state index in [9.17, 15) is 23.1 Å². The van der Waals surface area contributed by atoms with E-state index in [1.165, 1.54) is 18.2 Å². The molecule has 22 heavy (non-hydrogen) atoms. The zero-order chi connectivity index (χ0) is 15.9. The van der Waals surface area contributed by atoms with Gasteiger partial charge in [0.1, 0.15) is 0 Å². The molecular formula is C16H12F3NO2. The minimum atomic E-state index is -4.36. The highest BCUT2D eigenvalue weighted by molar-refractivity contribution is 5.90. The van der Waals surface area contributed by atoms with Crippen LogP contribution in [0.25, 0.3) is 0 Å². The number of halogens is 3. The van der Waals surface area contributed by atoms with Crippen LogP contribution in [0.1, 0.15) is 27.0 Å². The van der Waals surface area contributed by atoms with Gasteiger partial charge in [-0.15, -0.1) is 0 Å². The molecule has 3 rings (SSSR count). The van der Waals surface area contributed by atoms with Gasteiger partial charge in [0.2, 0.25) is 0 Å². The van der Waals surface area contributed by atoms with Gasteiger partial charge in [-0.1, -0.05) is 12.1 Å².